The summed E-state index contributed by atoms with van der Waals surface area (Å²) in [6.45, 7) is 0.711. The van der Waals surface area contributed by atoms with Crippen LogP contribution in [0.5, 0.6) is 0 Å². The van der Waals surface area contributed by atoms with Crippen LogP contribution >= 0.6 is 0 Å². The Bertz CT molecular complexity index is 351. The van der Waals surface area contributed by atoms with E-state index in [1.807, 2.05) is 0 Å². The smallest absolute Gasteiger partial charge is 0.226 e. The van der Waals surface area contributed by atoms with Gasteiger partial charge in [-0.15, -0.1) is 0 Å². The summed E-state index contributed by atoms with van der Waals surface area (Å²) < 4.78 is 12.9. The van der Waals surface area contributed by atoms with Crippen LogP contribution in [0.1, 0.15) is 19.3 Å². The molecule has 1 heterocycles. The normalized spacial score (nSPS) is 17.2. The quantitative estimate of drug-likeness (QED) is 0.670. The highest BCUT2D eigenvalue weighted by Gasteiger charge is 2.19. The predicted molar refractivity (Wildman–Crippen MR) is 52.6 cm³/mol. The Hall–Kier alpha value is -1.38. The first-order chi connectivity index (χ1) is 6.77. The van der Waals surface area contributed by atoms with Gasteiger partial charge < -0.3 is 4.90 Å². The zero-order chi connectivity index (χ0) is 9.97. The monoisotopic (exact) mass is 193 g/mol. The number of halogens is 1. The number of rotatable bonds is 1. The Morgan fingerprint density at radius 3 is 2.86 bits per heavy atom. The number of hydrogen-bond acceptors (Lipinski definition) is 1. The summed E-state index contributed by atoms with van der Waals surface area (Å²) in [4.78, 5) is 13.2. The van der Waals surface area contributed by atoms with Gasteiger partial charge in [0, 0.05) is 18.7 Å². The van der Waals surface area contributed by atoms with E-state index < -0.39 is 0 Å². The molecule has 0 N–H and O–H groups in total. The summed E-state index contributed by atoms with van der Waals surface area (Å²) in [5.41, 5.74) is 0.676. The molecule has 1 fully saturated rings. The van der Waals surface area contributed by atoms with Gasteiger partial charge in [-0.05, 0) is 31.0 Å². The standard InChI is InChI=1S/C11H12FNO/c12-9-4-3-5-10(8-9)13-7-2-1-6-11(13)14/h3-5,8H,1-2,6-7H2. The lowest BCUT2D eigenvalue weighted by atomic mass is 10.1. The molecule has 1 aromatic rings. The first-order valence-electron chi connectivity index (χ1n) is 4.83. The molecule has 0 aromatic heterocycles. The molecule has 1 aromatic carbocycles. The van der Waals surface area contributed by atoms with Crippen LogP contribution in [0.15, 0.2) is 24.3 Å². The van der Waals surface area contributed by atoms with Crippen LogP contribution in [0.3, 0.4) is 0 Å². The number of amides is 1. The van der Waals surface area contributed by atoms with Gasteiger partial charge in [-0.1, -0.05) is 6.07 Å². The van der Waals surface area contributed by atoms with Crippen molar-refractivity contribution in [3.8, 4) is 0 Å². The maximum Gasteiger partial charge on any atom is 0.226 e. The van der Waals surface area contributed by atoms with Crippen molar-refractivity contribution in [2.24, 2.45) is 0 Å². The van der Waals surface area contributed by atoms with Crippen molar-refractivity contribution in [3.05, 3.63) is 30.1 Å². The summed E-state index contributed by atoms with van der Waals surface area (Å²) in [5.74, 6) is -0.192. The van der Waals surface area contributed by atoms with Gasteiger partial charge in [0.15, 0.2) is 0 Å². The molecule has 1 amide bonds. The van der Waals surface area contributed by atoms with E-state index in [2.05, 4.69) is 0 Å². The molecule has 3 heteroatoms. The van der Waals surface area contributed by atoms with Crippen molar-refractivity contribution in [3.63, 3.8) is 0 Å². The molecular weight excluding hydrogens is 181 g/mol. The SMILES string of the molecule is O=C1CCCCN1c1cccc(F)c1. The lowest BCUT2D eigenvalue weighted by Gasteiger charge is -2.26. The van der Waals surface area contributed by atoms with Crippen molar-refractivity contribution in [2.45, 2.75) is 19.3 Å². The van der Waals surface area contributed by atoms with Gasteiger partial charge in [0.05, 0.1) is 0 Å². The van der Waals surface area contributed by atoms with Crippen molar-refractivity contribution < 1.29 is 9.18 Å². The summed E-state index contributed by atoms with van der Waals surface area (Å²) in [5, 5.41) is 0. The number of nitrogens with zero attached hydrogens (tertiary/aromatic N) is 1. The number of carbonyl (C=O) groups is 1. The van der Waals surface area contributed by atoms with Gasteiger partial charge in [-0.25, -0.2) is 4.39 Å². The minimum Gasteiger partial charge on any atom is -0.312 e. The number of carbonyl (C=O) groups excluding carboxylic acids is 1. The van der Waals surface area contributed by atoms with Crippen LogP contribution in [0, 0.1) is 5.82 Å². The van der Waals surface area contributed by atoms with E-state index in [1.165, 1.54) is 12.1 Å². The third-order valence-electron chi connectivity index (χ3n) is 2.44. The lowest BCUT2D eigenvalue weighted by Crippen LogP contribution is -2.35. The van der Waals surface area contributed by atoms with Crippen LogP contribution in [-0.2, 0) is 4.79 Å². The molecule has 0 unspecified atom stereocenters. The Kier molecular flexibility index (Phi) is 2.48. The second-order valence-corrected chi connectivity index (χ2v) is 3.48. The van der Waals surface area contributed by atoms with Crippen LogP contribution in [0.25, 0.3) is 0 Å². The molecule has 1 saturated heterocycles. The maximum atomic E-state index is 12.9. The molecular formula is C11H12FNO. The van der Waals surface area contributed by atoms with Gasteiger partial charge in [0.25, 0.3) is 0 Å². The molecule has 1 aliphatic heterocycles. The van der Waals surface area contributed by atoms with Crippen LogP contribution in [0.2, 0.25) is 0 Å². The van der Waals surface area contributed by atoms with Crippen LogP contribution < -0.4 is 4.90 Å². The van der Waals surface area contributed by atoms with Gasteiger partial charge in [0.1, 0.15) is 5.82 Å². The molecule has 2 rings (SSSR count). The van der Waals surface area contributed by atoms with E-state index in [-0.39, 0.29) is 11.7 Å². The first kappa shape index (κ1) is 9.19. The molecule has 14 heavy (non-hydrogen) atoms. The average molecular weight is 193 g/mol. The Balaban J connectivity index is 2.24. The number of hydrogen-bond donors (Lipinski definition) is 0. The topological polar surface area (TPSA) is 20.3 Å². The number of piperidine rings is 1. The highest BCUT2D eigenvalue weighted by molar-refractivity contribution is 5.93. The molecule has 0 saturated carbocycles. The summed E-state index contributed by atoms with van der Waals surface area (Å²) in [6.07, 6.45) is 2.53. The average Bonchev–Trinajstić information content (AvgIpc) is 2.18. The highest BCUT2D eigenvalue weighted by Crippen LogP contribution is 2.21. The van der Waals surface area contributed by atoms with Crippen LogP contribution in [-0.4, -0.2) is 12.5 Å². The zero-order valence-electron chi connectivity index (χ0n) is 7.87. The van der Waals surface area contributed by atoms with Crippen molar-refractivity contribution >= 4 is 11.6 Å². The second-order valence-electron chi connectivity index (χ2n) is 3.48. The van der Waals surface area contributed by atoms with E-state index in [0.717, 1.165) is 12.8 Å². The van der Waals surface area contributed by atoms with Crippen molar-refractivity contribution in [1.29, 1.82) is 0 Å². The summed E-state index contributed by atoms with van der Waals surface area (Å²) in [7, 11) is 0. The van der Waals surface area contributed by atoms with Crippen molar-refractivity contribution in [2.75, 3.05) is 11.4 Å². The van der Waals surface area contributed by atoms with Gasteiger partial charge in [0.2, 0.25) is 5.91 Å². The zero-order valence-corrected chi connectivity index (χ0v) is 7.87. The third kappa shape index (κ3) is 1.76. The fourth-order valence-corrected chi connectivity index (χ4v) is 1.72. The predicted octanol–water partition coefficient (Wildman–Crippen LogP) is 2.34. The third-order valence-corrected chi connectivity index (χ3v) is 2.44. The molecule has 0 aliphatic carbocycles. The van der Waals surface area contributed by atoms with Gasteiger partial charge >= 0.3 is 0 Å². The highest BCUT2D eigenvalue weighted by atomic mass is 19.1. The van der Waals surface area contributed by atoms with E-state index in [0.29, 0.717) is 18.7 Å². The summed E-state index contributed by atoms with van der Waals surface area (Å²) >= 11 is 0. The molecule has 2 nitrogen and oxygen atoms in total. The fourth-order valence-electron chi connectivity index (χ4n) is 1.72. The fraction of sp³-hybridized carbons (Fsp3) is 0.364. The van der Waals surface area contributed by atoms with Gasteiger partial charge in [-0.3, -0.25) is 4.79 Å². The van der Waals surface area contributed by atoms with Crippen molar-refractivity contribution in [1.82, 2.24) is 0 Å². The Morgan fingerprint density at radius 2 is 2.14 bits per heavy atom. The second kappa shape index (κ2) is 3.78. The van der Waals surface area contributed by atoms with Gasteiger partial charge in [-0.2, -0.15) is 0 Å². The molecule has 0 atom stereocenters. The minimum absolute atomic E-state index is 0.0989. The van der Waals surface area contributed by atoms with E-state index in [4.69, 9.17) is 0 Å². The molecule has 0 spiro atoms. The maximum absolute atomic E-state index is 12.9. The Labute approximate surface area is 82.3 Å². The minimum atomic E-state index is -0.291. The molecule has 0 bridgehead atoms. The number of anilines is 1. The summed E-state index contributed by atoms with van der Waals surface area (Å²) in [6, 6.07) is 6.19. The first-order valence-corrected chi connectivity index (χ1v) is 4.83. The Morgan fingerprint density at radius 1 is 1.29 bits per heavy atom. The van der Waals surface area contributed by atoms with E-state index in [9.17, 15) is 9.18 Å². The van der Waals surface area contributed by atoms with E-state index >= 15 is 0 Å². The molecule has 1 aliphatic rings. The lowest BCUT2D eigenvalue weighted by molar-refractivity contribution is -0.119. The van der Waals surface area contributed by atoms with E-state index in [1.54, 1.807) is 17.0 Å². The number of benzene rings is 1. The molecule has 74 valence electrons. The molecule has 0 radical (unpaired) electrons. The largest absolute Gasteiger partial charge is 0.312 e. The van der Waals surface area contributed by atoms with Crippen LogP contribution in [0.4, 0.5) is 10.1 Å².